The molecule has 0 aliphatic carbocycles. The minimum Gasteiger partial charge on any atom is -0.395 e. The summed E-state index contributed by atoms with van der Waals surface area (Å²) >= 11 is 1.41. The maximum Gasteiger partial charge on any atom is 0.258 e. The van der Waals surface area contributed by atoms with E-state index in [-0.39, 0.29) is 18.3 Å². The molecular weight excluding hydrogens is 422 g/mol. The molecule has 0 radical (unpaired) electrons. The second kappa shape index (κ2) is 11.3. The largest absolute Gasteiger partial charge is 0.395 e. The van der Waals surface area contributed by atoms with Gasteiger partial charge in [0.25, 0.3) is 5.91 Å². The van der Waals surface area contributed by atoms with Gasteiger partial charge in [-0.3, -0.25) is 9.59 Å². The Kier molecular flexibility index (Phi) is 8.19. The number of nitrogens with one attached hydrogen (secondary N) is 1. The molecule has 0 saturated carbocycles. The van der Waals surface area contributed by atoms with Crippen LogP contribution in [0, 0.1) is 0 Å². The van der Waals surface area contributed by atoms with Crippen molar-refractivity contribution in [2.75, 3.05) is 36.7 Å². The van der Waals surface area contributed by atoms with Crippen molar-refractivity contribution in [2.45, 2.75) is 5.03 Å². The van der Waals surface area contributed by atoms with Crippen LogP contribution in [0.2, 0.25) is 0 Å². The smallest absolute Gasteiger partial charge is 0.258 e. The molecule has 0 aliphatic heterocycles. The number of pyridine rings is 1. The summed E-state index contributed by atoms with van der Waals surface area (Å²) in [4.78, 5) is 31.2. The molecule has 1 amide bonds. The molecule has 6 nitrogen and oxygen atoms in total. The number of benzene rings is 2. The topological polar surface area (TPSA) is 82.5 Å². The molecule has 3 rings (SSSR count). The maximum absolute atomic E-state index is 12.5. The third kappa shape index (κ3) is 6.06. The van der Waals surface area contributed by atoms with E-state index < -0.39 is 0 Å². The maximum atomic E-state index is 12.5. The molecule has 0 bridgehead atoms. The van der Waals surface area contributed by atoms with E-state index in [2.05, 4.69) is 10.3 Å². The molecule has 2 N–H and O–H groups in total. The molecule has 0 aliphatic rings. The zero-order valence-corrected chi connectivity index (χ0v) is 18.8. The molecule has 164 valence electrons. The molecular formula is C25H25N3O3S. The lowest BCUT2D eigenvalue weighted by Gasteiger charge is -2.17. The Morgan fingerprint density at radius 2 is 1.81 bits per heavy atom. The Labute approximate surface area is 192 Å². The van der Waals surface area contributed by atoms with Gasteiger partial charge in [0.2, 0.25) is 0 Å². The normalized spacial score (nSPS) is 10.8. The Hall–Kier alpha value is -3.42. The fourth-order valence-corrected chi connectivity index (χ4v) is 3.58. The average molecular weight is 448 g/mol. The highest BCUT2D eigenvalue weighted by Gasteiger charge is 2.12. The predicted molar refractivity (Wildman–Crippen MR) is 131 cm³/mol. The van der Waals surface area contributed by atoms with Crippen LogP contribution in [0.25, 0.3) is 6.08 Å². The van der Waals surface area contributed by atoms with Crippen LogP contribution >= 0.6 is 11.8 Å². The summed E-state index contributed by atoms with van der Waals surface area (Å²) in [5.41, 5.74) is 3.55. The van der Waals surface area contributed by atoms with Crippen LogP contribution in [0.3, 0.4) is 0 Å². The van der Waals surface area contributed by atoms with Crippen molar-refractivity contribution in [3.05, 3.63) is 89.6 Å². The molecule has 0 unspecified atom stereocenters. The van der Waals surface area contributed by atoms with E-state index in [0.717, 1.165) is 11.3 Å². The number of thioether (sulfide) groups is 1. The molecule has 3 aromatic rings. The number of likely N-dealkylation sites (N-methyl/N-ethyl adjacent to an activating group) is 1. The number of nitrogens with zero attached hydrogens (tertiary/aromatic N) is 2. The molecule has 0 spiro atoms. The van der Waals surface area contributed by atoms with E-state index in [4.69, 9.17) is 5.11 Å². The minimum absolute atomic E-state index is 0.0947. The van der Waals surface area contributed by atoms with E-state index in [1.807, 2.05) is 42.5 Å². The third-order valence-electron chi connectivity index (χ3n) is 4.83. The van der Waals surface area contributed by atoms with Crippen LogP contribution in [-0.2, 0) is 0 Å². The fourth-order valence-electron chi connectivity index (χ4n) is 3.03. The van der Waals surface area contributed by atoms with Gasteiger partial charge in [0.05, 0.1) is 12.2 Å². The SMILES string of the molecule is CSc1ncccc1C(=O)Nc1ccc(C(=O)/C=C/c2ccc(N(C)CCO)cc2)cc1. The van der Waals surface area contributed by atoms with E-state index in [0.29, 0.717) is 28.4 Å². The van der Waals surface area contributed by atoms with E-state index >= 15 is 0 Å². The molecule has 1 heterocycles. The van der Waals surface area contributed by atoms with Crippen molar-refractivity contribution >= 4 is 40.9 Å². The van der Waals surface area contributed by atoms with Crippen LogP contribution in [0.15, 0.2) is 78.0 Å². The van der Waals surface area contributed by atoms with Gasteiger partial charge in [-0.1, -0.05) is 18.2 Å². The molecule has 0 fully saturated rings. The minimum atomic E-state index is -0.241. The Morgan fingerprint density at radius 3 is 2.47 bits per heavy atom. The number of amides is 1. The number of carbonyl (C=O) groups is 2. The number of aliphatic hydroxyl groups is 1. The zero-order chi connectivity index (χ0) is 22.9. The zero-order valence-electron chi connectivity index (χ0n) is 18.0. The number of ketones is 1. The number of rotatable bonds is 9. The summed E-state index contributed by atoms with van der Waals surface area (Å²) in [5, 5.41) is 12.5. The number of aliphatic hydroxyl groups excluding tert-OH is 1. The first-order chi connectivity index (χ1) is 15.5. The first-order valence-corrected chi connectivity index (χ1v) is 11.3. The average Bonchev–Trinajstić information content (AvgIpc) is 2.83. The van der Waals surface area contributed by atoms with Gasteiger partial charge in [-0.25, -0.2) is 4.98 Å². The van der Waals surface area contributed by atoms with Gasteiger partial charge >= 0.3 is 0 Å². The quantitative estimate of drug-likeness (QED) is 0.288. The third-order valence-corrected chi connectivity index (χ3v) is 5.54. The Morgan fingerprint density at radius 1 is 1.09 bits per heavy atom. The van der Waals surface area contributed by atoms with Crippen molar-refractivity contribution in [1.82, 2.24) is 4.98 Å². The highest BCUT2D eigenvalue weighted by molar-refractivity contribution is 7.98. The highest BCUT2D eigenvalue weighted by atomic mass is 32.2. The van der Waals surface area contributed by atoms with Crippen molar-refractivity contribution in [3.63, 3.8) is 0 Å². The number of anilines is 2. The monoisotopic (exact) mass is 447 g/mol. The summed E-state index contributed by atoms with van der Waals surface area (Å²) in [7, 11) is 1.91. The highest BCUT2D eigenvalue weighted by Crippen LogP contribution is 2.19. The summed E-state index contributed by atoms with van der Waals surface area (Å²) in [6.07, 6.45) is 6.82. The molecule has 7 heteroatoms. The predicted octanol–water partition coefficient (Wildman–Crippen LogP) is 4.38. The van der Waals surface area contributed by atoms with Crippen LogP contribution in [-0.4, -0.2) is 48.2 Å². The first kappa shape index (κ1) is 23.2. The summed E-state index contributed by atoms with van der Waals surface area (Å²) in [6.45, 7) is 0.655. The van der Waals surface area contributed by atoms with Gasteiger partial charge in [0.15, 0.2) is 5.78 Å². The number of carbonyl (C=O) groups excluding carboxylic acids is 2. The summed E-state index contributed by atoms with van der Waals surface area (Å²) in [5.74, 6) is -0.365. The van der Waals surface area contributed by atoms with Crippen LogP contribution in [0.4, 0.5) is 11.4 Å². The molecule has 0 saturated heterocycles. The first-order valence-electron chi connectivity index (χ1n) is 10.1. The number of allylic oxidation sites excluding steroid dienone is 1. The van der Waals surface area contributed by atoms with Gasteiger partial charge in [0.1, 0.15) is 5.03 Å². The van der Waals surface area contributed by atoms with Gasteiger partial charge in [-0.2, -0.15) is 0 Å². The second-order valence-electron chi connectivity index (χ2n) is 7.03. The van der Waals surface area contributed by atoms with Crippen molar-refractivity contribution in [1.29, 1.82) is 0 Å². The molecule has 2 aromatic carbocycles. The number of aromatic nitrogens is 1. The lowest BCUT2D eigenvalue weighted by Crippen LogP contribution is -2.20. The van der Waals surface area contributed by atoms with Gasteiger partial charge in [-0.15, -0.1) is 11.8 Å². The lowest BCUT2D eigenvalue weighted by molar-refractivity contribution is 0.102. The number of hydrogen-bond acceptors (Lipinski definition) is 6. The molecule has 1 aromatic heterocycles. The van der Waals surface area contributed by atoms with Gasteiger partial charge < -0.3 is 15.3 Å². The summed E-state index contributed by atoms with van der Waals surface area (Å²) in [6, 6.07) is 18.0. The van der Waals surface area contributed by atoms with Crippen molar-refractivity contribution in [3.8, 4) is 0 Å². The Bertz CT molecular complexity index is 1100. The van der Waals surface area contributed by atoms with Crippen molar-refractivity contribution in [2.24, 2.45) is 0 Å². The fraction of sp³-hybridized carbons (Fsp3) is 0.160. The van der Waals surface area contributed by atoms with Gasteiger partial charge in [-0.05, 0) is 66.4 Å². The van der Waals surface area contributed by atoms with Gasteiger partial charge in [0, 0.05) is 36.7 Å². The number of hydrogen-bond donors (Lipinski definition) is 2. The second-order valence-corrected chi connectivity index (χ2v) is 7.82. The lowest BCUT2D eigenvalue weighted by atomic mass is 10.1. The van der Waals surface area contributed by atoms with Crippen LogP contribution < -0.4 is 10.2 Å². The molecule has 32 heavy (non-hydrogen) atoms. The van der Waals surface area contributed by atoms with Crippen LogP contribution in [0.5, 0.6) is 0 Å². The standard InChI is InChI=1S/C25H25N3O3S/c1-28(16-17-29)21-12-5-18(6-13-21)7-14-23(30)19-8-10-20(11-9-19)27-24(31)22-4-3-15-26-25(22)32-2/h3-15,29H,16-17H2,1-2H3,(H,27,31)/b14-7+. The summed E-state index contributed by atoms with van der Waals surface area (Å²) < 4.78 is 0. The molecule has 0 atom stereocenters. The van der Waals surface area contributed by atoms with E-state index in [9.17, 15) is 9.59 Å². The van der Waals surface area contributed by atoms with E-state index in [1.165, 1.54) is 17.8 Å². The van der Waals surface area contributed by atoms with Crippen LogP contribution in [0.1, 0.15) is 26.3 Å². The Balaban J connectivity index is 1.62. The van der Waals surface area contributed by atoms with Crippen molar-refractivity contribution < 1.29 is 14.7 Å². The van der Waals surface area contributed by atoms with E-state index in [1.54, 1.807) is 48.7 Å².